The first kappa shape index (κ1) is 15.4. The third-order valence-electron chi connectivity index (χ3n) is 2.96. The van der Waals surface area contributed by atoms with Crippen molar-refractivity contribution in [2.24, 2.45) is 0 Å². The van der Waals surface area contributed by atoms with Crippen molar-refractivity contribution in [2.45, 2.75) is 31.8 Å². The fourth-order valence-electron chi connectivity index (χ4n) is 2.04. The van der Waals surface area contributed by atoms with Crippen molar-refractivity contribution >= 4 is 50.2 Å². The first-order valence-electron chi connectivity index (χ1n) is 6.07. The summed E-state index contributed by atoms with van der Waals surface area (Å²) in [5, 5.41) is 5.41. The Morgan fingerprint density at radius 3 is 2.74 bits per heavy atom. The zero-order valence-corrected chi connectivity index (χ0v) is 14.9. The number of halogens is 2. The monoisotopic (exact) mass is 378 g/mol. The summed E-state index contributed by atoms with van der Waals surface area (Å²) >= 11 is 12.8. The van der Waals surface area contributed by atoms with E-state index >= 15 is 0 Å². The summed E-state index contributed by atoms with van der Waals surface area (Å²) < 4.78 is 1.18. The van der Waals surface area contributed by atoms with E-state index in [4.69, 9.17) is 11.6 Å². The van der Waals surface area contributed by atoms with Crippen molar-refractivity contribution in [1.82, 2.24) is 9.88 Å². The summed E-state index contributed by atoms with van der Waals surface area (Å²) in [6.07, 6.45) is 1.05. The number of nitrogens with zero attached hydrogens (tertiary/aromatic N) is 2. The first-order chi connectivity index (χ1) is 9.13. The third-order valence-corrected chi connectivity index (χ3v) is 5.79. The van der Waals surface area contributed by atoms with Crippen LogP contribution >= 0.6 is 50.2 Å². The van der Waals surface area contributed by atoms with Crippen LogP contribution in [-0.2, 0) is 12.4 Å². The van der Waals surface area contributed by atoms with Gasteiger partial charge in [-0.3, -0.25) is 4.90 Å². The van der Waals surface area contributed by atoms with Gasteiger partial charge in [-0.1, -0.05) is 6.92 Å². The molecular formula is C13H16BrClN2S2. The Balaban J connectivity index is 2.08. The zero-order valence-electron chi connectivity index (χ0n) is 10.9. The van der Waals surface area contributed by atoms with Gasteiger partial charge in [0.1, 0.15) is 5.01 Å². The van der Waals surface area contributed by atoms with Crippen LogP contribution in [0, 0.1) is 0 Å². The number of aromatic nitrogens is 1. The van der Waals surface area contributed by atoms with Crippen LogP contribution in [0.25, 0.3) is 0 Å². The van der Waals surface area contributed by atoms with E-state index in [1.807, 2.05) is 0 Å². The predicted molar refractivity (Wildman–Crippen MR) is 88.2 cm³/mol. The summed E-state index contributed by atoms with van der Waals surface area (Å²) in [5.74, 6) is 0.494. The normalized spacial score (nSPS) is 13.1. The molecule has 2 rings (SSSR count). The molecule has 0 aliphatic rings. The Bertz CT molecular complexity index is 526. The van der Waals surface area contributed by atoms with Crippen molar-refractivity contribution in [1.29, 1.82) is 0 Å². The third kappa shape index (κ3) is 4.02. The molecule has 104 valence electrons. The topological polar surface area (TPSA) is 16.1 Å². The van der Waals surface area contributed by atoms with Crippen molar-refractivity contribution in [2.75, 3.05) is 7.05 Å². The van der Waals surface area contributed by atoms with Gasteiger partial charge in [-0.05, 0) is 46.4 Å². The molecular weight excluding hydrogens is 364 g/mol. The van der Waals surface area contributed by atoms with Crippen LogP contribution in [-0.4, -0.2) is 16.9 Å². The van der Waals surface area contributed by atoms with Crippen molar-refractivity contribution in [3.05, 3.63) is 36.9 Å². The van der Waals surface area contributed by atoms with Crippen molar-refractivity contribution < 1.29 is 0 Å². The van der Waals surface area contributed by atoms with Gasteiger partial charge in [0.2, 0.25) is 0 Å². The Hall–Kier alpha value is 0.0600. The highest BCUT2D eigenvalue weighted by molar-refractivity contribution is 9.11. The standard InChI is InChI=1S/C13H16BrClN2S2/c1-3-11(13-16-10(5-15)8-19-13)17(2)6-9-4-12(14)18-7-9/h4,7-8,11H,3,5-6H2,1-2H3. The zero-order chi connectivity index (χ0) is 13.8. The highest BCUT2D eigenvalue weighted by Gasteiger charge is 2.19. The summed E-state index contributed by atoms with van der Waals surface area (Å²) in [7, 11) is 2.15. The molecule has 0 spiro atoms. The maximum Gasteiger partial charge on any atom is 0.110 e. The maximum absolute atomic E-state index is 5.83. The predicted octanol–water partition coefficient (Wildman–Crippen LogP) is 5.29. The van der Waals surface area contributed by atoms with Crippen LogP contribution in [0.1, 0.15) is 35.7 Å². The average molecular weight is 380 g/mol. The maximum atomic E-state index is 5.83. The molecule has 2 aromatic heterocycles. The van der Waals surface area contributed by atoms with Gasteiger partial charge in [0.05, 0.1) is 21.4 Å². The second-order valence-electron chi connectivity index (χ2n) is 4.41. The van der Waals surface area contributed by atoms with E-state index in [2.05, 4.69) is 56.6 Å². The minimum absolute atomic E-state index is 0.362. The number of thiazole rings is 1. The van der Waals surface area contributed by atoms with Gasteiger partial charge in [-0.15, -0.1) is 34.3 Å². The highest BCUT2D eigenvalue weighted by Crippen LogP contribution is 2.29. The molecule has 0 aliphatic heterocycles. The van der Waals surface area contributed by atoms with Gasteiger partial charge in [0.15, 0.2) is 0 Å². The molecule has 0 saturated carbocycles. The lowest BCUT2D eigenvalue weighted by molar-refractivity contribution is 0.230. The fourth-order valence-corrected chi connectivity index (χ4v) is 4.53. The smallest absolute Gasteiger partial charge is 0.110 e. The minimum Gasteiger partial charge on any atom is -0.293 e. The quantitative estimate of drug-likeness (QED) is 0.634. The van der Waals surface area contributed by atoms with E-state index in [1.54, 1.807) is 22.7 Å². The highest BCUT2D eigenvalue weighted by atomic mass is 79.9. The van der Waals surface area contributed by atoms with Crippen molar-refractivity contribution in [3.8, 4) is 0 Å². The van der Waals surface area contributed by atoms with Crippen molar-refractivity contribution in [3.63, 3.8) is 0 Å². The van der Waals surface area contributed by atoms with Crippen LogP contribution in [0.5, 0.6) is 0 Å². The van der Waals surface area contributed by atoms with Crippen LogP contribution in [0.15, 0.2) is 20.6 Å². The SMILES string of the molecule is CCC(c1nc(CCl)cs1)N(C)Cc1csc(Br)c1. The number of thiophene rings is 1. The van der Waals surface area contributed by atoms with E-state index in [0.29, 0.717) is 11.9 Å². The summed E-state index contributed by atoms with van der Waals surface area (Å²) in [5.41, 5.74) is 2.32. The molecule has 0 bridgehead atoms. The molecule has 2 nitrogen and oxygen atoms in total. The van der Waals surface area contributed by atoms with Gasteiger partial charge in [-0.25, -0.2) is 4.98 Å². The molecule has 2 aromatic rings. The van der Waals surface area contributed by atoms with Crippen LogP contribution in [0.3, 0.4) is 0 Å². The van der Waals surface area contributed by atoms with Gasteiger partial charge in [-0.2, -0.15) is 0 Å². The van der Waals surface area contributed by atoms with E-state index in [9.17, 15) is 0 Å². The van der Waals surface area contributed by atoms with E-state index in [0.717, 1.165) is 23.7 Å². The Morgan fingerprint density at radius 1 is 1.42 bits per heavy atom. The molecule has 0 saturated heterocycles. The van der Waals surface area contributed by atoms with Gasteiger partial charge in [0.25, 0.3) is 0 Å². The molecule has 6 heteroatoms. The molecule has 0 N–H and O–H groups in total. The lowest BCUT2D eigenvalue weighted by Crippen LogP contribution is -2.23. The molecule has 1 unspecified atom stereocenters. The lowest BCUT2D eigenvalue weighted by atomic mass is 10.2. The second-order valence-corrected chi connectivity index (χ2v) is 7.86. The number of hydrogen-bond acceptors (Lipinski definition) is 4. The fraction of sp³-hybridized carbons (Fsp3) is 0.462. The van der Waals surface area contributed by atoms with Gasteiger partial charge in [0, 0.05) is 11.9 Å². The first-order valence-corrected chi connectivity index (χ1v) is 9.16. The Labute approximate surface area is 135 Å². The number of alkyl halides is 1. The average Bonchev–Trinajstić information content (AvgIpc) is 3.00. The van der Waals surface area contributed by atoms with Gasteiger partial charge >= 0.3 is 0 Å². The summed E-state index contributed by atoms with van der Waals surface area (Å²) in [6.45, 7) is 3.14. The van der Waals surface area contributed by atoms with E-state index < -0.39 is 0 Å². The molecule has 0 aromatic carbocycles. The molecule has 0 fully saturated rings. The molecule has 0 radical (unpaired) electrons. The van der Waals surface area contributed by atoms with Gasteiger partial charge < -0.3 is 0 Å². The Morgan fingerprint density at radius 2 is 2.21 bits per heavy atom. The molecule has 1 atom stereocenters. The van der Waals surface area contributed by atoms with Crippen LogP contribution < -0.4 is 0 Å². The second kappa shape index (κ2) is 7.18. The summed E-state index contributed by atoms with van der Waals surface area (Å²) in [6, 6.07) is 2.54. The molecule has 0 amide bonds. The van der Waals surface area contributed by atoms with E-state index in [1.165, 1.54) is 9.35 Å². The van der Waals surface area contributed by atoms with Crippen LogP contribution in [0.2, 0.25) is 0 Å². The largest absolute Gasteiger partial charge is 0.293 e. The lowest BCUT2D eigenvalue weighted by Gasteiger charge is -2.25. The molecule has 0 aliphatic carbocycles. The number of rotatable bonds is 6. The number of hydrogen-bond donors (Lipinski definition) is 0. The van der Waals surface area contributed by atoms with E-state index in [-0.39, 0.29) is 0 Å². The molecule has 19 heavy (non-hydrogen) atoms. The minimum atomic E-state index is 0.362. The molecule has 2 heterocycles. The Kier molecular flexibility index (Phi) is 5.84. The van der Waals surface area contributed by atoms with Crippen LogP contribution in [0.4, 0.5) is 0 Å². The summed E-state index contributed by atoms with van der Waals surface area (Å²) in [4.78, 5) is 6.96.